The van der Waals surface area contributed by atoms with E-state index in [1.807, 2.05) is 19.1 Å². The van der Waals surface area contributed by atoms with E-state index in [1.54, 1.807) is 16.4 Å². The predicted octanol–water partition coefficient (Wildman–Crippen LogP) is -6.84. The topological polar surface area (TPSA) is 70.6 Å². The lowest BCUT2D eigenvalue weighted by molar-refractivity contribution is -0.720. The Labute approximate surface area is 167 Å². The molecule has 4 N–H and O–H groups in total. The van der Waals surface area contributed by atoms with Crippen LogP contribution in [0.15, 0.2) is 29.2 Å². The smallest absolute Gasteiger partial charge is 0.243 e. The maximum atomic E-state index is 13.1. The summed E-state index contributed by atoms with van der Waals surface area (Å²) in [5, 5.41) is 4.45. The molecule has 140 valence electrons. The fourth-order valence-electron chi connectivity index (χ4n) is 2.92. The lowest BCUT2D eigenvalue weighted by Gasteiger charge is -2.31. The van der Waals surface area contributed by atoms with E-state index in [-0.39, 0.29) is 40.0 Å². The summed E-state index contributed by atoms with van der Waals surface area (Å²) in [6.45, 7) is 10.5. The van der Waals surface area contributed by atoms with Crippen molar-refractivity contribution < 1.29 is 53.0 Å². The van der Waals surface area contributed by atoms with Crippen molar-refractivity contribution in [3.05, 3.63) is 29.8 Å². The lowest BCUT2D eigenvalue weighted by Crippen LogP contribution is -3.00. The normalized spacial score (nSPS) is 20.2. The molecule has 0 aliphatic carbocycles. The van der Waals surface area contributed by atoms with E-state index in [0.717, 1.165) is 31.7 Å². The molecule has 0 aromatic heterocycles. The molecule has 0 bridgehead atoms. The number of halogens is 2. The lowest BCUT2D eigenvalue weighted by atomic mass is 10.0. The van der Waals surface area contributed by atoms with E-state index < -0.39 is 10.0 Å². The van der Waals surface area contributed by atoms with Gasteiger partial charge in [0.25, 0.3) is 0 Å². The van der Waals surface area contributed by atoms with Gasteiger partial charge in [-0.25, -0.2) is 8.42 Å². The minimum Gasteiger partial charge on any atom is -1.00 e. The first-order chi connectivity index (χ1) is 10.4. The SMILES string of the molecule is Cc1ccc(S(=O)(=O)N2CC[NH2+]CC[NH2+]C[C@@H]2C(C)C)cc1.[Br-].[Br-]. The van der Waals surface area contributed by atoms with Crippen LogP contribution in [0.5, 0.6) is 0 Å². The first kappa shape index (κ1) is 24.0. The number of nitrogens with two attached hydrogens (primary N) is 2. The van der Waals surface area contributed by atoms with Crippen LogP contribution in [0.25, 0.3) is 0 Å². The summed E-state index contributed by atoms with van der Waals surface area (Å²) in [4.78, 5) is 0.406. The Kier molecular flexibility index (Phi) is 10.9. The van der Waals surface area contributed by atoms with Gasteiger partial charge in [0.1, 0.15) is 13.1 Å². The number of rotatable bonds is 3. The van der Waals surface area contributed by atoms with Crippen LogP contribution in [0.3, 0.4) is 0 Å². The van der Waals surface area contributed by atoms with E-state index in [2.05, 4.69) is 24.5 Å². The number of benzene rings is 1. The van der Waals surface area contributed by atoms with Crippen LogP contribution in [-0.2, 0) is 10.0 Å². The summed E-state index contributed by atoms with van der Waals surface area (Å²) in [6.07, 6.45) is 0. The van der Waals surface area contributed by atoms with Crippen molar-refractivity contribution in [2.75, 3.05) is 32.7 Å². The zero-order valence-electron chi connectivity index (χ0n) is 14.6. The van der Waals surface area contributed by atoms with Gasteiger partial charge in [-0.3, -0.25) is 0 Å². The number of hydrogen-bond acceptors (Lipinski definition) is 2. The van der Waals surface area contributed by atoms with E-state index in [4.69, 9.17) is 0 Å². The molecule has 24 heavy (non-hydrogen) atoms. The molecule has 8 heteroatoms. The van der Waals surface area contributed by atoms with Crippen molar-refractivity contribution in [3.8, 4) is 0 Å². The Bertz CT molecular complexity index is 579. The summed E-state index contributed by atoms with van der Waals surface area (Å²) < 4.78 is 27.9. The average molecular weight is 487 g/mol. The molecule has 0 amide bonds. The van der Waals surface area contributed by atoms with Crippen LogP contribution in [-0.4, -0.2) is 51.5 Å². The summed E-state index contributed by atoms with van der Waals surface area (Å²) in [6, 6.07) is 7.22. The van der Waals surface area contributed by atoms with Gasteiger partial charge in [0.15, 0.2) is 0 Å². The zero-order chi connectivity index (χ0) is 16.2. The third kappa shape index (κ3) is 6.07. The molecule has 1 heterocycles. The van der Waals surface area contributed by atoms with E-state index in [9.17, 15) is 8.42 Å². The molecule has 5 nitrogen and oxygen atoms in total. The van der Waals surface area contributed by atoms with E-state index in [1.165, 1.54) is 0 Å². The number of sulfonamides is 1. The monoisotopic (exact) mass is 485 g/mol. The molecule has 0 unspecified atom stereocenters. The highest BCUT2D eigenvalue weighted by molar-refractivity contribution is 7.89. The first-order valence-corrected chi connectivity index (χ1v) is 9.59. The summed E-state index contributed by atoms with van der Waals surface area (Å²) in [7, 11) is -3.44. The summed E-state index contributed by atoms with van der Waals surface area (Å²) >= 11 is 0. The third-order valence-corrected chi connectivity index (χ3v) is 6.24. The van der Waals surface area contributed by atoms with Gasteiger partial charge in [0.2, 0.25) is 10.0 Å². The molecule has 2 rings (SSSR count). The Balaban J connectivity index is 0.00000264. The Hall–Kier alpha value is 0.01000. The van der Waals surface area contributed by atoms with Crippen LogP contribution in [0, 0.1) is 12.8 Å². The van der Waals surface area contributed by atoms with E-state index in [0.29, 0.717) is 17.4 Å². The number of aryl methyl sites for hydroxylation is 1. The Morgan fingerprint density at radius 1 is 1.04 bits per heavy atom. The quantitative estimate of drug-likeness (QED) is 0.446. The molecular weight excluding hydrogens is 458 g/mol. The molecule has 1 aliphatic rings. The highest BCUT2D eigenvalue weighted by Gasteiger charge is 2.35. The molecule has 0 saturated carbocycles. The highest BCUT2D eigenvalue weighted by Crippen LogP contribution is 2.21. The molecule has 1 saturated heterocycles. The highest BCUT2D eigenvalue weighted by atomic mass is 79.9. The predicted molar refractivity (Wildman–Crippen MR) is 87.0 cm³/mol. The average Bonchev–Trinajstić information content (AvgIpc) is 2.59. The number of quaternary nitrogens is 2. The Morgan fingerprint density at radius 2 is 1.62 bits per heavy atom. The minimum atomic E-state index is -3.44. The Morgan fingerprint density at radius 3 is 2.21 bits per heavy atom. The van der Waals surface area contributed by atoms with Crippen molar-refractivity contribution in [2.24, 2.45) is 5.92 Å². The van der Waals surface area contributed by atoms with Gasteiger partial charge in [0, 0.05) is 0 Å². The molecule has 0 spiro atoms. The molecule has 0 radical (unpaired) electrons. The van der Waals surface area contributed by atoms with Crippen molar-refractivity contribution in [3.63, 3.8) is 0 Å². The molecule has 1 aromatic rings. The van der Waals surface area contributed by atoms with Crippen LogP contribution in [0.2, 0.25) is 0 Å². The number of hydrogen-bond donors (Lipinski definition) is 2. The second-order valence-corrected chi connectivity index (χ2v) is 8.31. The van der Waals surface area contributed by atoms with Gasteiger partial charge in [-0.15, -0.1) is 0 Å². The fourth-order valence-corrected chi connectivity index (χ4v) is 4.70. The van der Waals surface area contributed by atoms with Crippen molar-refractivity contribution >= 4 is 10.0 Å². The van der Waals surface area contributed by atoms with Crippen molar-refractivity contribution in [2.45, 2.75) is 31.7 Å². The van der Waals surface area contributed by atoms with Gasteiger partial charge in [0.05, 0.1) is 30.6 Å². The number of nitrogens with zero attached hydrogens (tertiary/aromatic N) is 1. The van der Waals surface area contributed by atoms with Gasteiger partial charge in [-0.2, -0.15) is 4.31 Å². The second kappa shape index (κ2) is 10.9. The van der Waals surface area contributed by atoms with Gasteiger partial charge in [-0.05, 0) is 25.0 Å². The van der Waals surface area contributed by atoms with Gasteiger partial charge in [-0.1, -0.05) is 31.5 Å². The largest absolute Gasteiger partial charge is 1.00 e. The molecule has 1 atom stereocenters. The van der Waals surface area contributed by atoms with Crippen molar-refractivity contribution in [1.82, 2.24) is 4.31 Å². The maximum absolute atomic E-state index is 13.1. The molecule has 1 aliphatic heterocycles. The summed E-state index contributed by atoms with van der Waals surface area (Å²) in [5.74, 6) is 0.301. The molecule has 1 fully saturated rings. The van der Waals surface area contributed by atoms with Crippen LogP contribution in [0.1, 0.15) is 19.4 Å². The van der Waals surface area contributed by atoms with Gasteiger partial charge >= 0.3 is 0 Å². The second-order valence-electron chi connectivity index (χ2n) is 6.42. The minimum absolute atomic E-state index is 0. The van der Waals surface area contributed by atoms with Crippen LogP contribution < -0.4 is 44.6 Å². The van der Waals surface area contributed by atoms with Crippen molar-refractivity contribution in [1.29, 1.82) is 0 Å². The maximum Gasteiger partial charge on any atom is 0.243 e. The van der Waals surface area contributed by atoms with Crippen LogP contribution >= 0.6 is 0 Å². The molecule has 1 aromatic carbocycles. The van der Waals surface area contributed by atoms with E-state index >= 15 is 0 Å². The molecular formula is C16H29Br2N3O2S. The third-order valence-electron chi connectivity index (χ3n) is 4.30. The standard InChI is InChI=1S/C16H27N3O2S.2BrH/c1-13(2)16-12-18-9-8-17-10-11-19(16)22(20,21)15-6-4-14(3)5-7-15;;/h4-7,13,16-18H,8-12H2,1-3H3;2*1H/t16-;;/m1../s1. The van der Waals surface area contributed by atoms with Gasteiger partial charge < -0.3 is 44.6 Å². The van der Waals surface area contributed by atoms with Crippen LogP contribution in [0.4, 0.5) is 0 Å². The fraction of sp³-hybridized carbons (Fsp3) is 0.625. The first-order valence-electron chi connectivity index (χ1n) is 8.15. The summed E-state index contributed by atoms with van der Waals surface area (Å²) in [5.41, 5.74) is 1.07. The zero-order valence-corrected chi connectivity index (χ0v) is 18.6.